The highest BCUT2D eigenvalue weighted by Gasteiger charge is 2.18. The van der Waals surface area contributed by atoms with Crippen molar-refractivity contribution in [3.8, 4) is 0 Å². The Labute approximate surface area is 162 Å². The highest BCUT2D eigenvalue weighted by atomic mass is 32.2. The molecule has 1 fully saturated rings. The normalized spacial score (nSPS) is 17.6. The van der Waals surface area contributed by atoms with Crippen molar-refractivity contribution in [3.05, 3.63) is 24.3 Å². The minimum absolute atomic E-state index is 0.149. The largest absolute Gasteiger partial charge is 0.383 e. The minimum Gasteiger partial charge on any atom is -0.383 e. The Morgan fingerprint density at radius 1 is 1.11 bits per heavy atom. The zero-order valence-electron chi connectivity index (χ0n) is 16.2. The van der Waals surface area contributed by atoms with E-state index < -0.39 is 10.0 Å². The van der Waals surface area contributed by atoms with Gasteiger partial charge in [0.1, 0.15) is 0 Å². The van der Waals surface area contributed by atoms with Gasteiger partial charge in [0.15, 0.2) is 0 Å². The van der Waals surface area contributed by atoms with Gasteiger partial charge in [0.25, 0.3) is 0 Å². The number of anilines is 1. The lowest BCUT2D eigenvalue weighted by Gasteiger charge is -2.21. The topological polar surface area (TPSA) is 96.5 Å². The average Bonchev–Trinajstić information content (AvgIpc) is 2.57. The minimum atomic E-state index is -3.62. The fraction of sp³-hybridized carbons (Fsp3) is 0.632. The van der Waals surface area contributed by atoms with Crippen LogP contribution in [0.2, 0.25) is 0 Å². The molecular weight excluding hydrogens is 366 g/mol. The average molecular weight is 398 g/mol. The van der Waals surface area contributed by atoms with Crippen molar-refractivity contribution in [1.82, 2.24) is 10.0 Å². The van der Waals surface area contributed by atoms with Gasteiger partial charge in [0.05, 0.1) is 11.5 Å². The molecule has 27 heavy (non-hydrogen) atoms. The first-order chi connectivity index (χ1) is 12.9. The molecule has 0 aromatic heterocycles. The molecule has 0 heterocycles. The molecule has 2 rings (SSSR count). The molecule has 8 heteroatoms. The van der Waals surface area contributed by atoms with E-state index in [1.54, 1.807) is 19.1 Å². The molecule has 0 spiro atoms. The Morgan fingerprint density at radius 3 is 2.30 bits per heavy atom. The van der Waals surface area contributed by atoms with Gasteiger partial charge >= 0.3 is 6.03 Å². The van der Waals surface area contributed by atoms with Crippen molar-refractivity contribution in [2.24, 2.45) is 0 Å². The quantitative estimate of drug-likeness (QED) is 0.658. The van der Waals surface area contributed by atoms with Crippen LogP contribution in [0.25, 0.3) is 0 Å². The van der Waals surface area contributed by atoms with E-state index in [9.17, 15) is 13.2 Å². The Hall–Kier alpha value is -1.64. The van der Waals surface area contributed by atoms with Gasteiger partial charge in [-0.2, -0.15) is 0 Å². The first-order valence-electron chi connectivity index (χ1n) is 9.59. The lowest BCUT2D eigenvalue weighted by Crippen LogP contribution is -2.38. The first kappa shape index (κ1) is 21.7. The van der Waals surface area contributed by atoms with Crippen LogP contribution in [0, 0.1) is 0 Å². The number of carbonyl (C=O) groups excluding carboxylic acids is 1. The number of carbonyl (C=O) groups is 1. The summed E-state index contributed by atoms with van der Waals surface area (Å²) in [6, 6.07) is 5.77. The van der Waals surface area contributed by atoms with E-state index in [2.05, 4.69) is 15.4 Å². The molecule has 2 amide bonds. The molecule has 0 saturated heterocycles. The fourth-order valence-electron chi connectivity index (χ4n) is 3.29. The van der Waals surface area contributed by atoms with Gasteiger partial charge in [-0.25, -0.2) is 17.9 Å². The van der Waals surface area contributed by atoms with Gasteiger partial charge in [-0.05, 0) is 44.0 Å². The number of nitrogens with one attached hydrogen (secondary N) is 3. The molecule has 3 N–H and O–H groups in total. The van der Waals surface area contributed by atoms with E-state index in [0.717, 1.165) is 25.7 Å². The number of hydrogen-bond acceptors (Lipinski definition) is 4. The second-order valence-corrected chi connectivity index (χ2v) is 8.86. The summed E-state index contributed by atoms with van der Waals surface area (Å²) >= 11 is 0. The molecule has 0 aliphatic heterocycles. The summed E-state index contributed by atoms with van der Waals surface area (Å²) in [5.74, 6) is 0. The monoisotopic (exact) mass is 397 g/mol. The third-order valence-corrected chi connectivity index (χ3v) is 6.24. The zero-order valence-corrected chi connectivity index (χ0v) is 17.0. The molecule has 1 aromatic carbocycles. The molecule has 1 aliphatic carbocycles. The molecule has 0 radical (unpaired) electrons. The fourth-order valence-corrected chi connectivity index (χ4v) is 4.52. The van der Waals surface area contributed by atoms with Crippen LogP contribution in [0.1, 0.15) is 51.9 Å². The summed E-state index contributed by atoms with van der Waals surface area (Å²) in [5, 5.41) is 5.81. The molecule has 152 valence electrons. The smallest absolute Gasteiger partial charge is 0.319 e. The molecule has 1 saturated carbocycles. The lowest BCUT2D eigenvalue weighted by atomic mass is 9.97. The van der Waals surface area contributed by atoms with Crippen LogP contribution >= 0.6 is 0 Å². The van der Waals surface area contributed by atoms with E-state index in [4.69, 9.17) is 4.74 Å². The van der Waals surface area contributed by atoms with E-state index in [0.29, 0.717) is 12.3 Å². The highest BCUT2D eigenvalue weighted by molar-refractivity contribution is 7.89. The molecule has 0 unspecified atom stereocenters. The summed E-state index contributed by atoms with van der Waals surface area (Å²) < 4.78 is 32.1. The Kier molecular flexibility index (Phi) is 8.53. The highest BCUT2D eigenvalue weighted by Crippen LogP contribution is 2.18. The lowest BCUT2D eigenvalue weighted by molar-refractivity contribution is 0.180. The van der Waals surface area contributed by atoms with Crippen LogP contribution in [-0.4, -0.2) is 40.2 Å². The van der Waals surface area contributed by atoms with Crippen LogP contribution in [0.15, 0.2) is 29.2 Å². The van der Waals surface area contributed by atoms with Gasteiger partial charge in [0.2, 0.25) is 10.0 Å². The second kappa shape index (κ2) is 10.6. The second-order valence-electron chi connectivity index (χ2n) is 7.14. The van der Waals surface area contributed by atoms with Crippen molar-refractivity contribution in [2.45, 2.75) is 68.8 Å². The Balaban J connectivity index is 1.89. The van der Waals surface area contributed by atoms with Crippen LogP contribution in [-0.2, 0) is 14.8 Å². The van der Waals surface area contributed by atoms with Gasteiger partial charge in [-0.15, -0.1) is 0 Å². The zero-order chi connectivity index (χ0) is 19.7. The van der Waals surface area contributed by atoms with E-state index in [1.165, 1.54) is 38.5 Å². The van der Waals surface area contributed by atoms with Crippen molar-refractivity contribution < 1.29 is 17.9 Å². The van der Waals surface area contributed by atoms with E-state index >= 15 is 0 Å². The number of ether oxygens (including phenoxy) is 1. The van der Waals surface area contributed by atoms with Crippen molar-refractivity contribution in [2.75, 3.05) is 19.0 Å². The summed E-state index contributed by atoms with van der Waals surface area (Å²) in [4.78, 5) is 12.4. The van der Waals surface area contributed by atoms with Crippen LogP contribution in [0.5, 0.6) is 0 Å². The molecule has 0 bridgehead atoms. The third-order valence-electron chi connectivity index (χ3n) is 4.64. The van der Waals surface area contributed by atoms with Crippen LogP contribution in [0.3, 0.4) is 0 Å². The number of urea groups is 1. The predicted octanol–water partition coefficient (Wildman–Crippen LogP) is 3.23. The molecule has 7 nitrogen and oxygen atoms in total. The van der Waals surface area contributed by atoms with E-state index in [1.807, 2.05) is 0 Å². The number of methoxy groups -OCH3 is 1. The molecule has 1 aromatic rings. The maximum Gasteiger partial charge on any atom is 0.319 e. The van der Waals surface area contributed by atoms with Crippen LogP contribution in [0.4, 0.5) is 10.5 Å². The summed E-state index contributed by atoms with van der Waals surface area (Å²) in [6.07, 6.45) is 8.05. The summed E-state index contributed by atoms with van der Waals surface area (Å²) in [5.41, 5.74) is 0.558. The SMILES string of the molecule is COC[C@H](C)NS(=O)(=O)c1ccc(NC(=O)NC2CCCCCCC2)cc1. The molecule has 1 aliphatic rings. The number of rotatable bonds is 7. The van der Waals surface area contributed by atoms with Crippen molar-refractivity contribution in [1.29, 1.82) is 0 Å². The number of sulfonamides is 1. The predicted molar refractivity (Wildman–Crippen MR) is 106 cm³/mol. The van der Waals surface area contributed by atoms with Gasteiger partial charge < -0.3 is 15.4 Å². The van der Waals surface area contributed by atoms with Crippen molar-refractivity contribution >= 4 is 21.7 Å². The van der Waals surface area contributed by atoms with Gasteiger partial charge in [-0.1, -0.05) is 32.1 Å². The maximum atomic E-state index is 12.3. The maximum absolute atomic E-state index is 12.3. The standard InChI is InChI=1S/C19H31N3O4S/c1-15(14-26-2)22-27(24,25)18-12-10-17(11-13-18)21-19(23)20-16-8-6-4-3-5-7-9-16/h10-13,15-16,22H,3-9,14H2,1-2H3,(H2,20,21,23)/t15-/m0/s1. The van der Waals surface area contributed by atoms with Gasteiger partial charge in [0, 0.05) is 24.9 Å². The van der Waals surface area contributed by atoms with Gasteiger partial charge in [-0.3, -0.25) is 0 Å². The van der Waals surface area contributed by atoms with Crippen molar-refractivity contribution in [3.63, 3.8) is 0 Å². The number of hydrogen-bond donors (Lipinski definition) is 3. The van der Waals surface area contributed by atoms with E-state index in [-0.39, 0.29) is 23.0 Å². The summed E-state index contributed by atoms with van der Waals surface area (Å²) in [7, 11) is -2.09. The number of benzene rings is 1. The summed E-state index contributed by atoms with van der Waals surface area (Å²) in [6.45, 7) is 2.02. The Morgan fingerprint density at radius 2 is 1.70 bits per heavy atom. The Bertz CT molecular complexity index is 683. The molecule has 1 atom stereocenters. The number of amides is 2. The molecular formula is C19H31N3O4S. The van der Waals surface area contributed by atoms with Crippen LogP contribution < -0.4 is 15.4 Å². The first-order valence-corrected chi connectivity index (χ1v) is 11.1. The third kappa shape index (κ3) is 7.48.